The molecule has 0 unspecified atom stereocenters. The standard InChI is InChI=1S/C18H19ClFN3O3S/c1-11-8-12(6-7-14(11)20)22-17(24)13-4-3-5-15(16(13)19)27(25,26)23-18(2)9-21-10-18/h3-8,21,23H,9-10H2,1-2H3,(H,22,24). The van der Waals surface area contributed by atoms with Gasteiger partial charge in [0.05, 0.1) is 16.1 Å². The highest BCUT2D eigenvalue weighted by molar-refractivity contribution is 7.89. The number of carbonyl (C=O) groups excluding carboxylic acids is 1. The van der Waals surface area contributed by atoms with Crippen molar-refractivity contribution in [3.8, 4) is 0 Å². The lowest BCUT2D eigenvalue weighted by molar-refractivity contribution is 0.102. The summed E-state index contributed by atoms with van der Waals surface area (Å²) < 4.78 is 41.3. The minimum absolute atomic E-state index is 0.0124. The first-order valence-electron chi connectivity index (χ1n) is 8.22. The fourth-order valence-electron chi connectivity index (χ4n) is 2.77. The molecule has 2 aromatic rings. The molecule has 1 fully saturated rings. The molecule has 1 aliphatic rings. The average molecular weight is 412 g/mol. The van der Waals surface area contributed by atoms with Crippen LogP contribution in [0.4, 0.5) is 10.1 Å². The summed E-state index contributed by atoms with van der Waals surface area (Å²) >= 11 is 6.25. The lowest BCUT2D eigenvalue weighted by Crippen LogP contribution is -2.66. The highest BCUT2D eigenvalue weighted by atomic mass is 35.5. The zero-order chi connectivity index (χ0) is 19.8. The largest absolute Gasteiger partial charge is 0.322 e. The number of sulfonamides is 1. The fourth-order valence-corrected chi connectivity index (χ4v) is 4.79. The van der Waals surface area contributed by atoms with Crippen LogP contribution in [0.3, 0.4) is 0 Å². The molecule has 3 N–H and O–H groups in total. The molecular weight excluding hydrogens is 393 g/mol. The minimum atomic E-state index is -3.90. The van der Waals surface area contributed by atoms with Gasteiger partial charge in [-0.25, -0.2) is 17.5 Å². The van der Waals surface area contributed by atoms with Crippen molar-refractivity contribution in [3.05, 3.63) is 58.4 Å². The van der Waals surface area contributed by atoms with E-state index in [2.05, 4.69) is 15.4 Å². The maximum Gasteiger partial charge on any atom is 0.257 e. The highest BCUT2D eigenvalue weighted by Crippen LogP contribution is 2.28. The summed E-state index contributed by atoms with van der Waals surface area (Å²) in [6.45, 7) is 4.37. The van der Waals surface area contributed by atoms with Gasteiger partial charge < -0.3 is 10.6 Å². The topological polar surface area (TPSA) is 87.3 Å². The van der Waals surface area contributed by atoms with Crippen LogP contribution in [0.2, 0.25) is 5.02 Å². The molecule has 27 heavy (non-hydrogen) atoms. The Balaban J connectivity index is 1.87. The molecule has 1 amide bonds. The van der Waals surface area contributed by atoms with Crippen LogP contribution in [0.5, 0.6) is 0 Å². The molecule has 0 radical (unpaired) electrons. The maximum absolute atomic E-state index is 13.4. The zero-order valence-electron chi connectivity index (χ0n) is 14.8. The number of hydrogen-bond acceptors (Lipinski definition) is 4. The van der Waals surface area contributed by atoms with Gasteiger partial charge >= 0.3 is 0 Å². The summed E-state index contributed by atoms with van der Waals surface area (Å²) in [4.78, 5) is 12.4. The van der Waals surface area contributed by atoms with Crippen molar-refractivity contribution in [3.63, 3.8) is 0 Å². The molecule has 3 rings (SSSR count). The van der Waals surface area contributed by atoms with Gasteiger partial charge in [-0.2, -0.15) is 0 Å². The predicted molar refractivity (Wildman–Crippen MR) is 102 cm³/mol. The van der Waals surface area contributed by atoms with E-state index < -0.39 is 21.5 Å². The van der Waals surface area contributed by atoms with Gasteiger partial charge in [0.15, 0.2) is 0 Å². The van der Waals surface area contributed by atoms with Crippen LogP contribution in [-0.2, 0) is 10.0 Å². The summed E-state index contributed by atoms with van der Waals surface area (Å²) in [5, 5.41) is 5.44. The molecule has 9 heteroatoms. The van der Waals surface area contributed by atoms with E-state index in [1.165, 1.54) is 36.4 Å². The Hall–Kier alpha value is -2.00. The van der Waals surface area contributed by atoms with E-state index in [9.17, 15) is 17.6 Å². The number of halogens is 2. The normalized spacial score (nSPS) is 15.9. The van der Waals surface area contributed by atoms with Gasteiger partial charge in [-0.15, -0.1) is 0 Å². The van der Waals surface area contributed by atoms with E-state index in [1.807, 2.05) is 0 Å². The van der Waals surface area contributed by atoms with E-state index in [0.717, 1.165) is 0 Å². The van der Waals surface area contributed by atoms with Gasteiger partial charge in [-0.3, -0.25) is 4.79 Å². The Morgan fingerprint density at radius 1 is 1.26 bits per heavy atom. The van der Waals surface area contributed by atoms with Crippen LogP contribution in [0.25, 0.3) is 0 Å². The van der Waals surface area contributed by atoms with E-state index in [-0.39, 0.29) is 21.3 Å². The summed E-state index contributed by atoms with van der Waals surface area (Å²) in [6.07, 6.45) is 0. The highest BCUT2D eigenvalue weighted by Gasteiger charge is 2.37. The second-order valence-electron chi connectivity index (χ2n) is 6.81. The quantitative estimate of drug-likeness (QED) is 0.706. The van der Waals surface area contributed by atoms with Crippen molar-refractivity contribution >= 4 is 33.2 Å². The Morgan fingerprint density at radius 3 is 2.56 bits per heavy atom. The van der Waals surface area contributed by atoms with E-state index in [0.29, 0.717) is 24.3 Å². The summed E-state index contributed by atoms with van der Waals surface area (Å²) in [7, 11) is -3.90. The molecule has 1 heterocycles. The lowest BCUT2D eigenvalue weighted by atomic mass is 9.97. The van der Waals surface area contributed by atoms with E-state index in [1.54, 1.807) is 13.8 Å². The van der Waals surface area contributed by atoms with Crippen molar-refractivity contribution in [2.24, 2.45) is 0 Å². The average Bonchev–Trinajstić information content (AvgIpc) is 2.56. The van der Waals surface area contributed by atoms with Crippen LogP contribution >= 0.6 is 11.6 Å². The molecule has 0 aliphatic carbocycles. The van der Waals surface area contributed by atoms with E-state index >= 15 is 0 Å². The molecule has 0 saturated carbocycles. The number of hydrogen-bond donors (Lipinski definition) is 3. The minimum Gasteiger partial charge on any atom is -0.322 e. The first kappa shape index (κ1) is 19.8. The van der Waals surface area contributed by atoms with Crippen molar-refractivity contribution < 1.29 is 17.6 Å². The molecule has 0 bridgehead atoms. The summed E-state index contributed by atoms with van der Waals surface area (Å²) in [5.41, 5.74) is 0.182. The number of rotatable bonds is 5. The molecule has 0 spiro atoms. The van der Waals surface area contributed by atoms with Crippen LogP contribution in [0.1, 0.15) is 22.8 Å². The van der Waals surface area contributed by atoms with Crippen LogP contribution < -0.4 is 15.4 Å². The monoisotopic (exact) mass is 411 g/mol. The Morgan fingerprint density at radius 2 is 1.96 bits per heavy atom. The predicted octanol–water partition coefficient (Wildman–Crippen LogP) is 2.68. The molecule has 144 valence electrons. The van der Waals surface area contributed by atoms with Gasteiger partial charge in [0.25, 0.3) is 5.91 Å². The van der Waals surface area contributed by atoms with Gasteiger partial charge in [0.1, 0.15) is 10.7 Å². The van der Waals surface area contributed by atoms with Crippen molar-refractivity contribution in [2.45, 2.75) is 24.3 Å². The smallest absolute Gasteiger partial charge is 0.257 e. The third kappa shape index (κ3) is 4.14. The van der Waals surface area contributed by atoms with Crippen molar-refractivity contribution in [2.75, 3.05) is 18.4 Å². The molecule has 1 aliphatic heterocycles. The summed E-state index contributed by atoms with van der Waals surface area (Å²) in [6, 6.07) is 8.37. The van der Waals surface area contributed by atoms with Crippen molar-refractivity contribution in [1.29, 1.82) is 0 Å². The number of nitrogens with one attached hydrogen (secondary N) is 3. The number of aryl methyl sites for hydroxylation is 1. The third-order valence-electron chi connectivity index (χ3n) is 4.32. The number of carbonyl (C=O) groups is 1. The van der Waals surface area contributed by atoms with Gasteiger partial charge in [-0.05, 0) is 49.7 Å². The second kappa shape index (κ2) is 7.20. The fraction of sp³-hybridized carbons (Fsp3) is 0.278. The second-order valence-corrected chi connectivity index (χ2v) is 8.83. The molecule has 6 nitrogen and oxygen atoms in total. The lowest BCUT2D eigenvalue weighted by Gasteiger charge is -2.39. The van der Waals surface area contributed by atoms with Crippen LogP contribution in [-0.4, -0.2) is 33.0 Å². The van der Waals surface area contributed by atoms with Gasteiger partial charge in [0.2, 0.25) is 10.0 Å². The summed E-state index contributed by atoms with van der Waals surface area (Å²) in [5.74, 6) is -0.969. The Kier molecular flexibility index (Phi) is 5.27. The third-order valence-corrected chi connectivity index (χ3v) is 6.52. The SMILES string of the molecule is Cc1cc(NC(=O)c2cccc(S(=O)(=O)NC3(C)CNC3)c2Cl)ccc1F. The molecule has 0 aromatic heterocycles. The van der Waals surface area contributed by atoms with Crippen LogP contribution in [0, 0.1) is 12.7 Å². The van der Waals surface area contributed by atoms with Crippen molar-refractivity contribution in [1.82, 2.24) is 10.0 Å². The molecule has 0 atom stereocenters. The maximum atomic E-state index is 13.4. The Labute approximate surface area is 162 Å². The van der Waals surface area contributed by atoms with Gasteiger partial charge in [-0.1, -0.05) is 17.7 Å². The number of anilines is 1. The van der Waals surface area contributed by atoms with Gasteiger partial charge in [0, 0.05) is 18.8 Å². The molecule has 2 aromatic carbocycles. The molecule has 1 saturated heterocycles. The van der Waals surface area contributed by atoms with Crippen LogP contribution in [0.15, 0.2) is 41.3 Å². The van der Waals surface area contributed by atoms with E-state index in [4.69, 9.17) is 11.6 Å². The number of amides is 1. The molecular formula is C18H19ClFN3O3S. The number of benzene rings is 2. The Bertz CT molecular complexity index is 1010. The first-order valence-corrected chi connectivity index (χ1v) is 10.1. The first-order chi connectivity index (χ1) is 12.6. The zero-order valence-corrected chi connectivity index (χ0v) is 16.3.